The lowest BCUT2D eigenvalue weighted by molar-refractivity contribution is 1.16. The minimum absolute atomic E-state index is 0.716. The third-order valence-corrected chi connectivity index (χ3v) is 3.53. The summed E-state index contributed by atoms with van der Waals surface area (Å²) in [6.07, 6.45) is 3.26. The van der Waals surface area contributed by atoms with Gasteiger partial charge in [0.1, 0.15) is 6.33 Å². The van der Waals surface area contributed by atoms with E-state index in [-0.39, 0.29) is 0 Å². The minimum atomic E-state index is 0.716. The van der Waals surface area contributed by atoms with Crippen LogP contribution in [0.15, 0.2) is 29.0 Å². The molecule has 72 valence electrons. The molecule has 0 fully saturated rings. The first kappa shape index (κ1) is 9.89. The van der Waals surface area contributed by atoms with E-state index in [1.807, 2.05) is 6.07 Å². The van der Waals surface area contributed by atoms with Crippen LogP contribution in [0.3, 0.4) is 0 Å². The van der Waals surface area contributed by atoms with E-state index in [9.17, 15) is 0 Å². The van der Waals surface area contributed by atoms with Crippen LogP contribution < -0.4 is 0 Å². The summed E-state index contributed by atoms with van der Waals surface area (Å²) >= 11 is 8.83. The van der Waals surface area contributed by atoms with Crippen LogP contribution in [0.25, 0.3) is 0 Å². The fraction of sp³-hybridized carbons (Fsp3) is 0.125. The van der Waals surface area contributed by atoms with E-state index in [1.165, 1.54) is 11.5 Å². The topological polar surface area (TPSA) is 38.7 Å². The van der Waals surface area contributed by atoms with E-state index in [0.29, 0.717) is 5.02 Å². The van der Waals surface area contributed by atoms with E-state index >= 15 is 0 Å². The zero-order valence-electron chi connectivity index (χ0n) is 7.05. The Hall–Kier alpha value is -0.650. The van der Waals surface area contributed by atoms with E-state index in [1.54, 1.807) is 30.4 Å². The van der Waals surface area contributed by atoms with Gasteiger partial charge in [0.25, 0.3) is 0 Å². The van der Waals surface area contributed by atoms with Gasteiger partial charge >= 0.3 is 0 Å². The molecule has 6 heteroatoms. The number of halogens is 1. The predicted octanol–water partition coefficient (Wildman–Crippen LogP) is 2.88. The van der Waals surface area contributed by atoms with E-state index < -0.39 is 0 Å². The van der Waals surface area contributed by atoms with E-state index in [2.05, 4.69) is 14.3 Å². The lowest BCUT2D eigenvalue weighted by Gasteiger charge is -1.97. The van der Waals surface area contributed by atoms with Crippen molar-refractivity contribution in [3.05, 3.63) is 35.4 Å². The fourth-order valence-corrected chi connectivity index (χ4v) is 2.42. The predicted molar refractivity (Wildman–Crippen MR) is 58.7 cm³/mol. The average Bonchev–Trinajstić information content (AvgIpc) is 2.67. The third-order valence-electron chi connectivity index (χ3n) is 1.46. The van der Waals surface area contributed by atoms with Gasteiger partial charge in [-0.05, 0) is 23.7 Å². The Morgan fingerprint density at radius 3 is 3.07 bits per heavy atom. The largest absolute Gasteiger partial charge is 0.260 e. The maximum atomic E-state index is 5.83. The molecule has 0 unspecified atom stereocenters. The first-order chi connectivity index (χ1) is 6.84. The van der Waals surface area contributed by atoms with Crippen LogP contribution in [0, 0.1) is 0 Å². The number of aromatic nitrogens is 3. The van der Waals surface area contributed by atoms with Gasteiger partial charge in [-0.25, -0.2) is 4.98 Å². The van der Waals surface area contributed by atoms with Gasteiger partial charge in [-0.2, -0.15) is 4.37 Å². The van der Waals surface area contributed by atoms with Gasteiger partial charge in [0.2, 0.25) is 0 Å². The van der Waals surface area contributed by atoms with Gasteiger partial charge in [-0.15, -0.1) is 0 Å². The van der Waals surface area contributed by atoms with Crippen molar-refractivity contribution in [3.8, 4) is 0 Å². The SMILES string of the molecule is Clc1ccnc(CSc2ncns2)c1. The molecule has 0 aliphatic carbocycles. The molecule has 2 aromatic heterocycles. The first-order valence-corrected chi connectivity index (χ1v) is 5.98. The van der Waals surface area contributed by atoms with Crippen molar-refractivity contribution in [1.82, 2.24) is 14.3 Å². The Morgan fingerprint density at radius 1 is 1.43 bits per heavy atom. The van der Waals surface area contributed by atoms with Crippen LogP contribution in [0.4, 0.5) is 0 Å². The molecule has 0 bridgehead atoms. The molecule has 0 aliphatic heterocycles. The number of rotatable bonds is 3. The van der Waals surface area contributed by atoms with Gasteiger partial charge in [-0.1, -0.05) is 23.4 Å². The van der Waals surface area contributed by atoms with Crippen molar-refractivity contribution in [1.29, 1.82) is 0 Å². The molecule has 0 N–H and O–H groups in total. The Morgan fingerprint density at radius 2 is 2.36 bits per heavy atom. The molecule has 14 heavy (non-hydrogen) atoms. The Bertz CT molecular complexity index is 405. The molecule has 0 atom stereocenters. The lowest BCUT2D eigenvalue weighted by Crippen LogP contribution is -1.84. The normalized spacial score (nSPS) is 10.4. The summed E-state index contributed by atoms with van der Waals surface area (Å²) in [5, 5.41) is 0.716. The van der Waals surface area contributed by atoms with E-state index in [4.69, 9.17) is 11.6 Å². The van der Waals surface area contributed by atoms with Crippen LogP contribution >= 0.6 is 34.9 Å². The molecule has 0 radical (unpaired) electrons. The Balaban J connectivity index is 1.98. The van der Waals surface area contributed by atoms with Crippen LogP contribution in [0.1, 0.15) is 5.69 Å². The monoisotopic (exact) mass is 243 g/mol. The van der Waals surface area contributed by atoms with Crippen molar-refractivity contribution in [2.75, 3.05) is 0 Å². The van der Waals surface area contributed by atoms with Crippen molar-refractivity contribution < 1.29 is 0 Å². The van der Waals surface area contributed by atoms with Crippen LogP contribution in [0.5, 0.6) is 0 Å². The summed E-state index contributed by atoms with van der Waals surface area (Å²) in [5.41, 5.74) is 0.956. The zero-order valence-corrected chi connectivity index (χ0v) is 9.44. The summed E-state index contributed by atoms with van der Waals surface area (Å²) in [4.78, 5) is 8.25. The molecule has 0 aliphatic rings. The quantitative estimate of drug-likeness (QED) is 0.777. The molecule has 0 aromatic carbocycles. The first-order valence-electron chi connectivity index (χ1n) is 3.84. The maximum Gasteiger partial charge on any atom is 0.170 e. The van der Waals surface area contributed by atoms with Gasteiger partial charge in [0.05, 0.1) is 5.69 Å². The smallest absolute Gasteiger partial charge is 0.170 e. The molecule has 0 saturated carbocycles. The van der Waals surface area contributed by atoms with Gasteiger partial charge in [-0.3, -0.25) is 4.98 Å². The summed E-state index contributed by atoms with van der Waals surface area (Å²) in [5.74, 6) is 0.774. The summed E-state index contributed by atoms with van der Waals surface area (Å²) in [6.45, 7) is 0. The standard InChI is InChI=1S/C8H6ClN3S2/c9-6-1-2-10-7(3-6)4-13-8-11-5-12-14-8/h1-3,5H,4H2. The number of pyridine rings is 1. The van der Waals surface area contributed by atoms with Crippen molar-refractivity contribution in [3.63, 3.8) is 0 Å². The summed E-state index contributed by atoms with van der Waals surface area (Å²) in [7, 11) is 0. The third kappa shape index (κ3) is 2.67. The number of hydrogen-bond donors (Lipinski definition) is 0. The second-order valence-electron chi connectivity index (χ2n) is 2.46. The molecular formula is C8H6ClN3S2. The molecule has 0 saturated heterocycles. The van der Waals surface area contributed by atoms with Crippen molar-refractivity contribution in [2.45, 2.75) is 10.1 Å². The Kier molecular flexibility index (Phi) is 3.34. The van der Waals surface area contributed by atoms with Crippen LogP contribution in [-0.2, 0) is 5.75 Å². The van der Waals surface area contributed by atoms with Crippen molar-refractivity contribution >= 4 is 34.9 Å². The molecule has 2 aromatic rings. The number of hydrogen-bond acceptors (Lipinski definition) is 5. The molecule has 0 amide bonds. The highest BCUT2D eigenvalue weighted by Gasteiger charge is 2.00. The highest BCUT2D eigenvalue weighted by Crippen LogP contribution is 2.22. The highest BCUT2D eigenvalue weighted by atomic mass is 35.5. The lowest BCUT2D eigenvalue weighted by atomic mass is 10.4. The van der Waals surface area contributed by atoms with Crippen molar-refractivity contribution in [2.24, 2.45) is 0 Å². The average molecular weight is 244 g/mol. The van der Waals surface area contributed by atoms with Crippen LogP contribution in [0.2, 0.25) is 5.02 Å². The molecule has 3 nitrogen and oxygen atoms in total. The van der Waals surface area contributed by atoms with Gasteiger partial charge < -0.3 is 0 Å². The van der Waals surface area contributed by atoms with Gasteiger partial charge in [0, 0.05) is 17.0 Å². The second-order valence-corrected chi connectivity index (χ2v) is 4.90. The number of nitrogens with zero attached hydrogens (tertiary/aromatic N) is 3. The molecule has 2 heterocycles. The molecular weight excluding hydrogens is 238 g/mol. The highest BCUT2D eigenvalue weighted by molar-refractivity contribution is 8.00. The van der Waals surface area contributed by atoms with Crippen LogP contribution in [-0.4, -0.2) is 14.3 Å². The summed E-state index contributed by atoms with van der Waals surface area (Å²) < 4.78 is 4.87. The van der Waals surface area contributed by atoms with E-state index in [0.717, 1.165) is 15.8 Å². The number of thioether (sulfide) groups is 1. The minimum Gasteiger partial charge on any atom is -0.260 e. The summed E-state index contributed by atoms with van der Waals surface area (Å²) in [6, 6.07) is 3.62. The zero-order chi connectivity index (χ0) is 9.80. The second kappa shape index (κ2) is 4.72. The Labute approximate surface area is 94.7 Å². The van der Waals surface area contributed by atoms with Gasteiger partial charge in [0.15, 0.2) is 4.34 Å². The molecule has 2 rings (SSSR count). The fourth-order valence-electron chi connectivity index (χ4n) is 0.890. The maximum absolute atomic E-state index is 5.83. The molecule has 0 spiro atoms.